The molecule has 1 aliphatic carbocycles. The number of hydrogen-bond acceptors (Lipinski definition) is 4. The first-order valence-corrected chi connectivity index (χ1v) is 15.1. The van der Waals surface area contributed by atoms with E-state index >= 15 is 0 Å². The Hall–Kier alpha value is -3.72. The number of nitrogens with zero attached hydrogens (tertiary/aromatic N) is 2. The molecule has 3 aromatic rings. The largest absolute Gasteiger partial charge is 0.352 e. The second kappa shape index (κ2) is 13.1. The first-order valence-electron chi connectivity index (χ1n) is 13.7. The van der Waals surface area contributed by atoms with Crippen LogP contribution >= 0.6 is 0 Å². The zero-order valence-electron chi connectivity index (χ0n) is 22.9. The molecule has 1 fully saturated rings. The number of sulfonamides is 1. The third kappa shape index (κ3) is 6.88. The van der Waals surface area contributed by atoms with Crippen LogP contribution in [0.3, 0.4) is 0 Å². The zero-order valence-corrected chi connectivity index (χ0v) is 23.7. The summed E-state index contributed by atoms with van der Waals surface area (Å²) in [6.07, 6.45) is 4.27. The minimum absolute atomic E-state index is 0.00333. The Morgan fingerprint density at radius 2 is 1.57 bits per heavy atom. The summed E-state index contributed by atoms with van der Waals surface area (Å²) in [6.45, 7) is 3.37. The monoisotopic (exact) mass is 565 g/mol. The molecule has 0 aliphatic heterocycles. The maximum atomic E-state index is 14.1. The number of nitrogens with one attached hydrogen (secondary N) is 1. The molecule has 1 saturated carbocycles. The standard InChI is InChI=1S/C31H36FN3O4S/c1-3-29(31(37)33-26-13-9-10-14-26)34(21-24-12-8-7-11-23(24)2)30(36)22-35(27-19-17-25(32)18-20-27)40(38,39)28-15-5-4-6-16-28/h4-8,11-12,15-20,26,29H,3,9-10,13-14,21-22H2,1-2H3,(H,33,37)/t29-/m1/s1. The molecule has 7 nitrogen and oxygen atoms in total. The fraction of sp³-hybridized carbons (Fsp3) is 0.355. The Morgan fingerprint density at radius 1 is 0.950 bits per heavy atom. The number of carbonyl (C=O) groups is 2. The van der Waals surface area contributed by atoms with Gasteiger partial charge in [-0.1, -0.05) is 62.2 Å². The molecule has 1 atom stereocenters. The Bertz CT molecular complexity index is 1410. The van der Waals surface area contributed by atoms with Crippen LogP contribution in [0.2, 0.25) is 0 Å². The Morgan fingerprint density at radius 3 is 2.20 bits per heavy atom. The highest BCUT2D eigenvalue weighted by atomic mass is 32.2. The van der Waals surface area contributed by atoms with Gasteiger partial charge >= 0.3 is 0 Å². The summed E-state index contributed by atoms with van der Waals surface area (Å²) in [5.41, 5.74) is 1.97. The van der Waals surface area contributed by atoms with Gasteiger partial charge in [-0.25, -0.2) is 12.8 Å². The summed E-state index contributed by atoms with van der Waals surface area (Å²) in [5.74, 6) is -1.29. The lowest BCUT2D eigenvalue weighted by Crippen LogP contribution is -2.53. The van der Waals surface area contributed by atoms with Crippen molar-refractivity contribution in [2.75, 3.05) is 10.8 Å². The van der Waals surface area contributed by atoms with Gasteiger partial charge in [0.25, 0.3) is 10.0 Å². The molecule has 0 aromatic heterocycles. The number of amides is 2. The lowest BCUT2D eigenvalue weighted by molar-refractivity contribution is -0.140. The van der Waals surface area contributed by atoms with E-state index in [9.17, 15) is 22.4 Å². The van der Waals surface area contributed by atoms with Crippen molar-refractivity contribution in [1.82, 2.24) is 10.2 Å². The third-order valence-corrected chi connectivity index (χ3v) is 9.20. The van der Waals surface area contributed by atoms with Crippen LogP contribution in [0.5, 0.6) is 0 Å². The molecule has 2 amide bonds. The van der Waals surface area contributed by atoms with Gasteiger partial charge in [-0.15, -0.1) is 0 Å². The molecule has 212 valence electrons. The molecule has 3 aromatic carbocycles. The SMILES string of the molecule is CC[C@H](C(=O)NC1CCCC1)N(Cc1ccccc1C)C(=O)CN(c1ccc(F)cc1)S(=O)(=O)c1ccccc1. The lowest BCUT2D eigenvalue weighted by atomic mass is 10.1. The molecular weight excluding hydrogens is 529 g/mol. The maximum absolute atomic E-state index is 14.1. The van der Waals surface area contributed by atoms with E-state index in [1.54, 1.807) is 18.2 Å². The number of carbonyl (C=O) groups excluding carboxylic acids is 2. The second-order valence-electron chi connectivity index (χ2n) is 10.2. The molecule has 0 spiro atoms. The highest BCUT2D eigenvalue weighted by molar-refractivity contribution is 7.92. The zero-order chi connectivity index (χ0) is 28.7. The van der Waals surface area contributed by atoms with Gasteiger partial charge < -0.3 is 10.2 Å². The van der Waals surface area contributed by atoms with Crippen molar-refractivity contribution in [3.8, 4) is 0 Å². The molecule has 4 rings (SSSR count). The van der Waals surface area contributed by atoms with Crippen molar-refractivity contribution in [2.24, 2.45) is 0 Å². The van der Waals surface area contributed by atoms with E-state index in [0.29, 0.717) is 6.42 Å². The normalized spacial score (nSPS) is 14.5. The van der Waals surface area contributed by atoms with Crippen molar-refractivity contribution in [3.63, 3.8) is 0 Å². The van der Waals surface area contributed by atoms with E-state index in [4.69, 9.17) is 0 Å². The van der Waals surface area contributed by atoms with Gasteiger partial charge in [0.15, 0.2) is 0 Å². The van der Waals surface area contributed by atoms with E-state index in [0.717, 1.165) is 53.2 Å². The van der Waals surface area contributed by atoms with Crippen LogP contribution in [-0.2, 0) is 26.2 Å². The molecule has 1 aliphatic rings. The minimum atomic E-state index is -4.19. The Balaban J connectivity index is 1.71. The van der Waals surface area contributed by atoms with Gasteiger partial charge in [-0.2, -0.15) is 0 Å². The summed E-state index contributed by atoms with van der Waals surface area (Å²) in [6, 6.07) is 19.7. The van der Waals surface area contributed by atoms with E-state index in [1.165, 1.54) is 29.2 Å². The van der Waals surface area contributed by atoms with Gasteiger partial charge in [0.2, 0.25) is 11.8 Å². The van der Waals surface area contributed by atoms with Gasteiger partial charge in [-0.05, 0) is 73.7 Å². The summed E-state index contributed by atoms with van der Waals surface area (Å²) >= 11 is 0. The quantitative estimate of drug-likeness (QED) is 0.347. The van der Waals surface area contributed by atoms with Crippen LogP contribution in [0.4, 0.5) is 10.1 Å². The van der Waals surface area contributed by atoms with Crippen molar-refractivity contribution in [2.45, 2.75) is 69.5 Å². The molecular formula is C31H36FN3O4S. The first kappa shape index (κ1) is 29.3. The molecule has 0 saturated heterocycles. The van der Waals surface area contributed by atoms with Gasteiger partial charge in [0.05, 0.1) is 10.6 Å². The highest BCUT2D eigenvalue weighted by Gasteiger charge is 2.34. The molecule has 9 heteroatoms. The smallest absolute Gasteiger partial charge is 0.264 e. The molecule has 0 bridgehead atoms. The third-order valence-electron chi connectivity index (χ3n) is 7.41. The molecule has 1 N–H and O–H groups in total. The average molecular weight is 566 g/mol. The van der Waals surface area contributed by atoms with Gasteiger partial charge in [0.1, 0.15) is 18.4 Å². The summed E-state index contributed by atoms with van der Waals surface area (Å²) < 4.78 is 42.3. The molecule has 40 heavy (non-hydrogen) atoms. The summed E-state index contributed by atoms with van der Waals surface area (Å²) in [5, 5.41) is 3.11. The predicted octanol–water partition coefficient (Wildman–Crippen LogP) is 5.20. The summed E-state index contributed by atoms with van der Waals surface area (Å²) in [4.78, 5) is 29.1. The summed E-state index contributed by atoms with van der Waals surface area (Å²) in [7, 11) is -4.19. The molecule has 0 radical (unpaired) electrons. The fourth-order valence-corrected chi connectivity index (χ4v) is 6.55. The van der Waals surface area contributed by atoms with Crippen LogP contribution < -0.4 is 9.62 Å². The Labute approximate surface area is 236 Å². The number of aryl methyl sites for hydroxylation is 1. The number of rotatable bonds is 11. The topological polar surface area (TPSA) is 86.8 Å². The van der Waals surface area contributed by atoms with Gasteiger partial charge in [-0.3, -0.25) is 13.9 Å². The van der Waals surface area contributed by atoms with Gasteiger partial charge in [0, 0.05) is 12.6 Å². The number of anilines is 1. The van der Waals surface area contributed by atoms with Crippen molar-refractivity contribution in [3.05, 3.63) is 95.8 Å². The van der Waals surface area contributed by atoms with Crippen LogP contribution in [0.1, 0.15) is 50.2 Å². The Kier molecular flexibility index (Phi) is 9.58. The number of hydrogen-bond donors (Lipinski definition) is 1. The number of halogens is 1. The van der Waals surface area contributed by atoms with Crippen LogP contribution in [0, 0.1) is 12.7 Å². The van der Waals surface area contributed by atoms with Crippen LogP contribution in [0.25, 0.3) is 0 Å². The van der Waals surface area contributed by atoms with E-state index in [-0.39, 0.29) is 29.1 Å². The first-order chi connectivity index (χ1) is 19.2. The second-order valence-corrected chi connectivity index (χ2v) is 12.0. The number of benzene rings is 3. The predicted molar refractivity (Wildman–Crippen MR) is 154 cm³/mol. The molecule has 0 heterocycles. The van der Waals surface area contributed by atoms with Crippen molar-refractivity contribution >= 4 is 27.5 Å². The fourth-order valence-electron chi connectivity index (χ4n) is 5.11. The van der Waals surface area contributed by atoms with Crippen LogP contribution in [-0.4, -0.2) is 43.8 Å². The van der Waals surface area contributed by atoms with E-state index in [1.807, 2.05) is 38.1 Å². The van der Waals surface area contributed by atoms with E-state index < -0.39 is 34.3 Å². The highest BCUT2D eigenvalue weighted by Crippen LogP contribution is 2.26. The lowest BCUT2D eigenvalue weighted by Gasteiger charge is -2.34. The average Bonchev–Trinajstić information content (AvgIpc) is 3.46. The molecule has 0 unspecified atom stereocenters. The van der Waals surface area contributed by atoms with Crippen molar-refractivity contribution < 1.29 is 22.4 Å². The van der Waals surface area contributed by atoms with Crippen molar-refractivity contribution in [1.29, 1.82) is 0 Å². The maximum Gasteiger partial charge on any atom is 0.264 e. The van der Waals surface area contributed by atoms with E-state index in [2.05, 4.69) is 5.32 Å². The van der Waals surface area contributed by atoms with Crippen LogP contribution in [0.15, 0.2) is 83.8 Å². The minimum Gasteiger partial charge on any atom is -0.352 e.